The molecule has 0 saturated carbocycles. The summed E-state index contributed by atoms with van der Waals surface area (Å²) in [7, 11) is 0. The van der Waals surface area contributed by atoms with E-state index in [2.05, 4.69) is 20.3 Å². The normalized spacial score (nSPS) is 10.1. The van der Waals surface area contributed by atoms with E-state index in [1.807, 2.05) is 25.1 Å². The monoisotopic (exact) mass is 244 g/mol. The van der Waals surface area contributed by atoms with E-state index in [1.165, 1.54) is 6.33 Å². The number of aromatic nitrogens is 3. The first-order chi connectivity index (χ1) is 8.88. The van der Waals surface area contributed by atoms with Gasteiger partial charge in [0.05, 0.1) is 6.61 Å². The largest absolute Gasteiger partial charge is 0.477 e. The minimum absolute atomic E-state index is 0.555. The van der Waals surface area contributed by atoms with Crippen LogP contribution in [0.1, 0.15) is 12.6 Å². The summed E-state index contributed by atoms with van der Waals surface area (Å²) in [5.41, 5.74) is 1.01. The maximum Gasteiger partial charge on any atom is 0.218 e. The fourth-order valence-corrected chi connectivity index (χ4v) is 1.50. The van der Waals surface area contributed by atoms with E-state index in [0.717, 1.165) is 24.5 Å². The first kappa shape index (κ1) is 12.3. The van der Waals surface area contributed by atoms with Crippen molar-refractivity contribution in [1.29, 1.82) is 0 Å². The third-order valence-electron chi connectivity index (χ3n) is 2.33. The fourth-order valence-electron chi connectivity index (χ4n) is 1.50. The molecular formula is C13H16N4O. The molecule has 0 spiro atoms. The van der Waals surface area contributed by atoms with Gasteiger partial charge in [0.25, 0.3) is 0 Å². The lowest BCUT2D eigenvalue weighted by atomic mass is 10.3. The Bertz CT molecular complexity index is 475. The van der Waals surface area contributed by atoms with Crippen LogP contribution in [-0.2, 0) is 6.42 Å². The molecule has 5 heteroatoms. The molecule has 18 heavy (non-hydrogen) atoms. The molecule has 0 aromatic carbocycles. The van der Waals surface area contributed by atoms with Crippen LogP contribution in [0.5, 0.6) is 5.88 Å². The standard InChI is InChI=1S/C13H16N4O/c1-2-14-12-9-13(17-10-16-12)18-8-6-11-5-3-4-7-15-11/h3-5,7,9-10H,2,6,8H2,1H3,(H,14,16,17). The van der Waals surface area contributed by atoms with Crippen molar-refractivity contribution >= 4 is 5.82 Å². The van der Waals surface area contributed by atoms with Gasteiger partial charge in [0.2, 0.25) is 5.88 Å². The van der Waals surface area contributed by atoms with Gasteiger partial charge in [-0.1, -0.05) is 6.07 Å². The van der Waals surface area contributed by atoms with Crippen LogP contribution in [0.4, 0.5) is 5.82 Å². The number of rotatable bonds is 6. The van der Waals surface area contributed by atoms with Crippen LogP contribution in [-0.4, -0.2) is 28.1 Å². The average Bonchev–Trinajstić information content (AvgIpc) is 2.41. The maximum absolute atomic E-state index is 5.57. The lowest BCUT2D eigenvalue weighted by Crippen LogP contribution is -2.05. The number of ether oxygens (including phenoxy) is 1. The Balaban J connectivity index is 1.84. The van der Waals surface area contributed by atoms with Crippen LogP contribution in [0.15, 0.2) is 36.8 Å². The van der Waals surface area contributed by atoms with Crippen molar-refractivity contribution in [2.45, 2.75) is 13.3 Å². The molecule has 0 aliphatic rings. The number of nitrogens with zero attached hydrogens (tertiary/aromatic N) is 3. The van der Waals surface area contributed by atoms with Crippen molar-refractivity contribution in [3.05, 3.63) is 42.5 Å². The summed E-state index contributed by atoms with van der Waals surface area (Å²) in [6, 6.07) is 7.64. The molecule has 0 amide bonds. The molecule has 94 valence electrons. The molecule has 0 radical (unpaired) electrons. The Morgan fingerprint density at radius 3 is 2.94 bits per heavy atom. The summed E-state index contributed by atoms with van der Waals surface area (Å²) >= 11 is 0. The Hall–Kier alpha value is -2.17. The van der Waals surface area contributed by atoms with E-state index in [4.69, 9.17) is 4.74 Å². The lowest BCUT2D eigenvalue weighted by Gasteiger charge is -2.06. The fraction of sp³-hybridized carbons (Fsp3) is 0.308. The smallest absolute Gasteiger partial charge is 0.218 e. The van der Waals surface area contributed by atoms with Crippen molar-refractivity contribution < 1.29 is 4.74 Å². The van der Waals surface area contributed by atoms with Crippen molar-refractivity contribution in [2.24, 2.45) is 0 Å². The SMILES string of the molecule is CCNc1cc(OCCc2ccccn2)ncn1. The second-order valence-corrected chi connectivity index (χ2v) is 3.69. The predicted octanol–water partition coefficient (Wildman–Crippen LogP) is 1.92. The number of pyridine rings is 1. The van der Waals surface area contributed by atoms with Gasteiger partial charge in [-0.25, -0.2) is 9.97 Å². The van der Waals surface area contributed by atoms with Crippen molar-refractivity contribution in [3.63, 3.8) is 0 Å². The van der Waals surface area contributed by atoms with Crippen LogP contribution in [0.3, 0.4) is 0 Å². The number of nitrogens with one attached hydrogen (secondary N) is 1. The predicted molar refractivity (Wildman–Crippen MR) is 69.6 cm³/mol. The highest BCUT2D eigenvalue weighted by Gasteiger charge is 1.99. The first-order valence-electron chi connectivity index (χ1n) is 5.97. The summed E-state index contributed by atoms with van der Waals surface area (Å²) in [6.45, 7) is 3.40. The molecule has 2 aromatic rings. The maximum atomic E-state index is 5.57. The molecule has 0 saturated heterocycles. The highest BCUT2D eigenvalue weighted by Crippen LogP contribution is 2.10. The van der Waals surface area contributed by atoms with Gasteiger partial charge < -0.3 is 10.1 Å². The van der Waals surface area contributed by atoms with Gasteiger partial charge in [-0.2, -0.15) is 0 Å². The number of hydrogen-bond acceptors (Lipinski definition) is 5. The topological polar surface area (TPSA) is 59.9 Å². The zero-order chi connectivity index (χ0) is 12.6. The van der Waals surface area contributed by atoms with Crippen LogP contribution < -0.4 is 10.1 Å². The molecule has 1 N–H and O–H groups in total. The Morgan fingerprint density at radius 2 is 2.17 bits per heavy atom. The van der Waals surface area contributed by atoms with E-state index in [1.54, 1.807) is 12.3 Å². The zero-order valence-corrected chi connectivity index (χ0v) is 10.3. The summed E-state index contributed by atoms with van der Waals surface area (Å²) in [5.74, 6) is 1.36. The summed E-state index contributed by atoms with van der Waals surface area (Å²) in [6.07, 6.45) is 4.04. The zero-order valence-electron chi connectivity index (χ0n) is 10.3. The summed E-state index contributed by atoms with van der Waals surface area (Å²) < 4.78 is 5.57. The first-order valence-corrected chi connectivity index (χ1v) is 5.97. The second-order valence-electron chi connectivity index (χ2n) is 3.69. The van der Waals surface area contributed by atoms with Crippen LogP contribution in [0.2, 0.25) is 0 Å². The highest BCUT2D eigenvalue weighted by molar-refractivity contribution is 5.36. The quantitative estimate of drug-likeness (QED) is 0.841. The molecular weight excluding hydrogens is 228 g/mol. The molecule has 2 aromatic heterocycles. The summed E-state index contributed by atoms with van der Waals surface area (Å²) in [5, 5.41) is 3.11. The molecule has 5 nitrogen and oxygen atoms in total. The van der Waals surface area contributed by atoms with E-state index >= 15 is 0 Å². The Labute approximate surface area is 106 Å². The third kappa shape index (κ3) is 3.69. The molecule has 0 unspecified atom stereocenters. The third-order valence-corrected chi connectivity index (χ3v) is 2.33. The van der Waals surface area contributed by atoms with Gasteiger partial charge in [0, 0.05) is 30.9 Å². The molecule has 0 aliphatic heterocycles. The van der Waals surface area contributed by atoms with E-state index in [-0.39, 0.29) is 0 Å². The van der Waals surface area contributed by atoms with E-state index < -0.39 is 0 Å². The Kier molecular flexibility index (Phi) is 4.46. The second kappa shape index (κ2) is 6.54. The van der Waals surface area contributed by atoms with E-state index in [9.17, 15) is 0 Å². The lowest BCUT2D eigenvalue weighted by molar-refractivity contribution is 0.308. The molecule has 2 rings (SSSR count). The van der Waals surface area contributed by atoms with Crippen LogP contribution >= 0.6 is 0 Å². The van der Waals surface area contributed by atoms with Gasteiger partial charge in [0.1, 0.15) is 12.1 Å². The Morgan fingerprint density at radius 1 is 1.22 bits per heavy atom. The molecule has 0 atom stereocenters. The van der Waals surface area contributed by atoms with Gasteiger partial charge >= 0.3 is 0 Å². The summed E-state index contributed by atoms with van der Waals surface area (Å²) in [4.78, 5) is 12.4. The number of hydrogen-bond donors (Lipinski definition) is 1. The molecule has 0 bridgehead atoms. The van der Waals surface area contributed by atoms with Gasteiger partial charge in [-0.3, -0.25) is 4.98 Å². The molecule has 2 heterocycles. The van der Waals surface area contributed by atoms with Crippen molar-refractivity contribution in [2.75, 3.05) is 18.5 Å². The van der Waals surface area contributed by atoms with Gasteiger partial charge in [-0.15, -0.1) is 0 Å². The van der Waals surface area contributed by atoms with Crippen molar-refractivity contribution in [3.8, 4) is 5.88 Å². The van der Waals surface area contributed by atoms with Gasteiger partial charge in [0.15, 0.2) is 0 Å². The van der Waals surface area contributed by atoms with Crippen molar-refractivity contribution in [1.82, 2.24) is 15.0 Å². The average molecular weight is 244 g/mol. The molecule has 0 aliphatic carbocycles. The highest BCUT2D eigenvalue weighted by atomic mass is 16.5. The van der Waals surface area contributed by atoms with E-state index in [0.29, 0.717) is 12.5 Å². The minimum Gasteiger partial charge on any atom is -0.477 e. The number of anilines is 1. The minimum atomic E-state index is 0.555. The van der Waals surface area contributed by atoms with Crippen LogP contribution in [0, 0.1) is 0 Å². The molecule has 0 fully saturated rings. The van der Waals surface area contributed by atoms with Gasteiger partial charge in [-0.05, 0) is 19.1 Å². The van der Waals surface area contributed by atoms with Crippen LogP contribution in [0.25, 0.3) is 0 Å².